The number of nitrogens with zero attached hydrogens (tertiary/aromatic N) is 2. The van der Waals surface area contributed by atoms with Crippen LogP contribution in [0.4, 0.5) is 0 Å². The topological polar surface area (TPSA) is 36.7 Å². The summed E-state index contributed by atoms with van der Waals surface area (Å²) < 4.78 is 0. The summed E-state index contributed by atoms with van der Waals surface area (Å²) in [6, 6.07) is 6.59. The molecule has 1 aliphatic rings. The van der Waals surface area contributed by atoms with Gasteiger partial charge in [0.25, 0.3) is 0 Å². The second kappa shape index (κ2) is 4.65. The summed E-state index contributed by atoms with van der Waals surface area (Å²) >= 11 is 0. The second-order valence-corrected chi connectivity index (χ2v) is 5.01. The lowest BCUT2D eigenvalue weighted by Crippen LogP contribution is -2.12. The molecule has 0 saturated heterocycles. The van der Waals surface area contributed by atoms with Crippen LogP contribution in [0, 0.1) is 17.2 Å². The molecule has 1 aliphatic carbocycles. The number of hydrogen-bond acceptors (Lipinski definition) is 2. The fourth-order valence-electron chi connectivity index (χ4n) is 2.37. The molecule has 0 spiro atoms. The molecule has 2 heteroatoms. The lowest BCUT2D eigenvalue weighted by molar-refractivity contribution is 0.601. The Balaban J connectivity index is 2.29. The first-order chi connectivity index (χ1) is 7.70. The minimum absolute atomic E-state index is 0.0735. The molecule has 1 unspecified atom stereocenters. The average Bonchev–Trinajstić information content (AvgIpc) is 2.27. The molecule has 1 aromatic heterocycles. The zero-order valence-corrected chi connectivity index (χ0v) is 10.0. The summed E-state index contributed by atoms with van der Waals surface area (Å²) in [6.45, 7) is 4.42. The molecule has 0 amide bonds. The predicted molar refractivity (Wildman–Crippen MR) is 64.1 cm³/mol. The van der Waals surface area contributed by atoms with E-state index in [1.54, 1.807) is 0 Å². The molecule has 84 valence electrons. The van der Waals surface area contributed by atoms with Gasteiger partial charge in [-0.3, -0.25) is 4.98 Å². The quantitative estimate of drug-likeness (QED) is 0.758. The van der Waals surface area contributed by atoms with Gasteiger partial charge < -0.3 is 0 Å². The number of hydrogen-bond donors (Lipinski definition) is 0. The van der Waals surface area contributed by atoms with E-state index in [2.05, 4.69) is 32.0 Å². The average molecular weight is 214 g/mol. The molecule has 0 saturated carbocycles. The smallest absolute Gasteiger partial charge is 0.0730 e. The van der Waals surface area contributed by atoms with Gasteiger partial charge in [0.05, 0.1) is 12.0 Å². The third-order valence-electron chi connectivity index (χ3n) is 3.12. The predicted octanol–water partition coefficient (Wildman–Crippen LogP) is 3.22. The monoisotopic (exact) mass is 214 g/mol. The zero-order valence-electron chi connectivity index (χ0n) is 10.0. The summed E-state index contributed by atoms with van der Waals surface area (Å²) in [5, 5.41) is 9.07. The number of pyridine rings is 1. The van der Waals surface area contributed by atoms with Crippen LogP contribution in [0.5, 0.6) is 0 Å². The van der Waals surface area contributed by atoms with Crippen LogP contribution in [0.25, 0.3) is 0 Å². The second-order valence-electron chi connectivity index (χ2n) is 5.01. The van der Waals surface area contributed by atoms with Gasteiger partial charge in [0, 0.05) is 11.4 Å². The lowest BCUT2D eigenvalue weighted by Gasteiger charge is -2.20. The van der Waals surface area contributed by atoms with Crippen molar-refractivity contribution in [2.24, 2.45) is 5.92 Å². The number of fused-ring (bicyclic) bond motifs is 1. The first kappa shape index (κ1) is 11.1. The van der Waals surface area contributed by atoms with Crippen molar-refractivity contribution in [1.29, 1.82) is 5.26 Å². The standard InChI is InChI=1S/C14H18N2/c1-10(2)8-12-6-7-13-11(9-15)4-3-5-14(13)16-12/h6-7,10-11H,3-5,8H2,1-2H3. The molecule has 0 fully saturated rings. The maximum Gasteiger partial charge on any atom is 0.0730 e. The van der Waals surface area contributed by atoms with Crippen molar-refractivity contribution in [3.05, 3.63) is 29.1 Å². The van der Waals surface area contributed by atoms with E-state index in [0.29, 0.717) is 5.92 Å². The fourth-order valence-corrected chi connectivity index (χ4v) is 2.37. The van der Waals surface area contributed by atoms with E-state index in [1.807, 2.05) is 0 Å². The van der Waals surface area contributed by atoms with Crippen molar-refractivity contribution in [3.8, 4) is 6.07 Å². The van der Waals surface area contributed by atoms with E-state index in [9.17, 15) is 0 Å². The number of rotatable bonds is 2. The molecule has 0 aromatic carbocycles. The van der Waals surface area contributed by atoms with Crippen LogP contribution in [0.2, 0.25) is 0 Å². The Bertz CT molecular complexity index is 415. The molecule has 16 heavy (non-hydrogen) atoms. The van der Waals surface area contributed by atoms with Gasteiger partial charge in [-0.2, -0.15) is 5.26 Å². The molecule has 2 nitrogen and oxygen atoms in total. The maximum absolute atomic E-state index is 9.07. The Kier molecular flexibility index (Phi) is 3.24. The molecule has 0 bridgehead atoms. The number of aromatic nitrogens is 1. The first-order valence-electron chi connectivity index (χ1n) is 6.09. The molecule has 2 rings (SSSR count). The van der Waals surface area contributed by atoms with Gasteiger partial charge in [-0.15, -0.1) is 0 Å². The van der Waals surface area contributed by atoms with Crippen LogP contribution >= 0.6 is 0 Å². The van der Waals surface area contributed by atoms with Gasteiger partial charge in [0.15, 0.2) is 0 Å². The highest BCUT2D eigenvalue weighted by Crippen LogP contribution is 2.30. The molecule has 0 N–H and O–H groups in total. The summed E-state index contributed by atoms with van der Waals surface area (Å²) in [4.78, 5) is 4.70. The molecule has 0 radical (unpaired) electrons. The Morgan fingerprint density at radius 2 is 2.31 bits per heavy atom. The van der Waals surface area contributed by atoms with E-state index in [-0.39, 0.29) is 5.92 Å². The normalized spacial score (nSPS) is 19.2. The van der Waals surface area contributed by atoms with Crippen molar-refractivity contribution in [2.45, 2.75) is 45.4 Å². The van der Waals surface area contributed by atoms with E-state index >= 15 is 0 Å². The third kappa shape index (κ3) is 2.24. The largest absolute Gasteiger partial charge is 0.258 e. The van der Waals surface area contributed by atoms with Crippen LogP contribution in [0.1, 0.15) is 49.6 Å². The van der Waals surface area contributed by atoms with Crippen LogP contribution in [0.3, 0.4) is 0 Å². The lowest BCUT2D eigenvalue weighted by atomic mass is 9.86. The van der Waals surface area contributed by atoms with E-state index < -0.39 is 0 Å². The highest BCUT2D eigenvalue weighted by Gasteiger charge is 2.20. The Labute approximate surface area is 97.3 Å². The van der Waals surface area contributed by atoms with Gasteiger partial charge in [0.1, 0.15) is 0 Å². The molecular formula is C14H18N2. The highest BCUT2D eigenvalue weighted by atomic mass is 14.7. The molecular weight excluding hydrogens is 196 g/mol. The summed E-state index contributed by atoms with van der Waals surface area (Å²) in [5.74, 6) is 0.713. The van der Waals surface area contributed by atoms with Crippen LogP contribution < -0.4 is 0 Å². The van der Waals surface area contributed by atoms with Crippen LogP contribution in [-0.4, -0.2) is 4.98 Å². The summed E-state index contributed by atoms with van der Waals surface area (Å²) in [5.41, 5.74) is 3.50. The van der Waals surface area contributed by atoms with E-state index in [1.165, 1.54) is 11.3 Å². The fraction of sp³-hybridized carbons (Fsp3) is 0.571. The van der Waals surface area contributed by atoms with Gasteiger partial charge in [0.2, 0.25) is 0 Å². The van der Waals surface area contributed by atoms with Gasteiger partial charge in [-0.05, 0) is 43.2 Å². The minimum atomic E-state index is 0.0735. The molecule has 1 heterocycles. The Morgan fingerprint density at radius 1 is 1.50 bits per heavy atom. The Hall–Kier alpha value is -1.36. The van der Waals surface area contributed by atoms with Crippen molar-refractivity contribution in [1.82, 2.24) is 4.98 Å². The van der Waals surface area contributed by atoms with Gasteiger partial charge in [-0.25, -0.2) is 0 Å². The van der Waals surface area contributed by atoms with Crippen LogP contribution in [0.15, 0.2) is 12.1 Å². The first-order valence-corrected chi connectivity index (χ1v) is 6.09. The number of nitriles is 1. The SMILES string of the molecule is CC(C)Cc1ccc2c(n1)CCCC2C#N. The zero-order chi connectivity index (χ0) is 11.5. The molecule has 1 atom stereocenters. The number of aryl methyl sites for hydroxylation is 1. The third-order valence-corrected chi connectivity index (χ3v) is 3.12. The Morgan fingerprint density at radius 3 is 3.00 bits per heavy atom. The minimum Gasteiger partial charge on any atom is -0.258 e. The maximum atomic E-state index is 9.07. The molecule has 1 aromatic rings. The molecule has 0 aliphatic heterocycles. The summed E-state index contributed by atoms with van der Waals surface area (Å²) in [6.07, 6.45) is 4.17. The van der Waals surface area contributed by atoms with Crippen molar-refractivity contribution in [2.75, 3.05) is 0 Å². The van der Waals surface area contributed by atoms with Crippen molar-refractivity contribution < 1.29 is 0 Å². The van der Waals surface area contributed by atoms with Gasteiger partial charge in [-0.1, -0.05) is 19.9 Å². The van der Waals surface area contributed by atoms with Gasteiger partial charge >= 0.3 is 0 Å². The van der Waals surface area contributed by atoms with E-state index in [0.717, 1.165) is 31.4 Å². The van der Waals surface area contributed by atoms with Crippen molar-refractivity contribution in [3.63, 3.8) is 0 Å². The van der Waals surface area contributed by atoms with Crippen LogP contribution in [-0.2, 0) is 12.8 Å². The summed E-state index contributed by atoms with van der Waals surface area (Å²) in [7, 11) is 0. The van der Waals surface area contributed by atoms with Crippen molar-refractivity contribution >= 4 is 0 Å². The van der Waals surface area contributed by atoms with E-state index in [4.69, 9.17) is 10.2 Å². The highest BCUT2D eigenvalue weighted by molar-refractivity contribution is 5.33.